The highest BCUT2D eigenvalue weighted by molar-refractivity contribution is 7.13. The maximum absolute atomic E-state index is 11.7. The van der Waals surface area contributed by atoms with Crippen LogP contribution in [0.25, 0.3) is 22.6 Å². The molecule has 2 aromatic heterocycles. The van der Waals surface area contributed by atoms with Crippen LogP contribution in [-0.4, -0.2) is 15.9 Å². The molecule has 0 radical (unpaired) electrons. The van der Waals surface area contributed by atoms with E-state index in [-0.39, 0.29) is 0 Å². The molecule has 0 spiro atoms. The number of carbonyl (C=O) groups excluding carboxylic acids is 1. The summed E-state index contributed by atoms with van der Waals surface area (Å²) < 4.78 is 0. The molecule has 0 aliphatic rings. The van der Waals surface area contributed by atoms with Gasteiger partial charge in [0.05, 0.1) is 27.7 Å². The molecule has 1 amide bonds. The van der Waals surface area contributed by atoms with Gasteiger partial charge in [0.1, 0.15) is 0 Å². The quantitative estimate of drug-likeness (QED) is 0.668. The summed E-state index contributed by atoms with van der Waals surface area (Å²) in [6.45, 7) is 0. The van der Waals surface area contributed by atoms with E-state index < -0.39 is 5.91 Å². The first-order valence-corrected chi connectivity index (χ1v) is 7.79. The van der Waals surface area contributed by atoms with E-state index in [0.29, 0.717) is 43.4 Å². The van der Waals surface area contributed by atoms with E-state index in [9.17, 15) is 4.79 Å². The third-order valence-corrected chi connectivity index (χ3v) is 4.30. The zero-order chi connectivity index (χ0) is 15.9. The molecule has 0 aliphatic heterocycles. The first-order valence-electron chi connectivity index (χ1n) is 6.15. The fourth-order valence-corrected chi connectivity index (χ4v) is 3.17. The number of nitrogen functional groups attached to an aromatic ring is 1. The minimum Gasteiger partial charge on any atom is -0.375 e. The molecule has 5 nitrogen and oxygen atoms in total. The standard InChI is InChI=1S/C14H10Cl2N4OS/c15-6-1-2-7(9(16)3-6)12-8(13(17)21)4-10(19-12)11-5-22-14(18)20-11/h1-5,19H,(H2,17,21)(H2,18,20). The Hall–Kier alpha value is -2.02. The third-order valence-electron chi connectivity index (χ3n) is 3.08. The predicted octanol–water partition coefficient (Wildman–Crippen LogP) is 3.79. The number of thiazole rings is 1. The highest BCUT2D eigenvalue weighted by Crippen LogP contribution is 2.34. The van der Waals surface area contributed by atoms with Gasteiger partial charge < -0.3 is 16.5 Å². The van der Waals surface area contributed by atoms with Crippen LogP contribution in [0.5, 0.6) is 0 Å². The van der Waals surface area contributed by atoms with Gasteiger partial charge in [0.15, 0.2) is 5.13 Å². The number of hydrogen-bond donors (Lipinski definition) is 3. The molecule has 3 aromatic rings. The Morgan fingerprint density at radius 1 is 1.27 bits per heavy atom. The van der Waals surface area contributed by atoms with E-state index >= 15 is 0 Å². The van der Waals surface area contributed by atoms with Gasteiger partial charge in [-0.05, 0) is 24.3 Å². The molecule has 0 unspecified atom stereocenters. The molecule has 0 saturated carbocycles. The van der Waals surface area contributed by atoms with Crippen molar-refractivity contribution in [2.45, 2.75) is 0 Å². The second-order valence-electron chi connectivity index (χ2n) is 4.53. The first-order chi connectivity index (χ1) is 10.5. The number of anilines is 1. The fourth-order valence-electron chi connectivity index (χ4n) is 2.10. The number of hydrogen-bond acceptors (Lipinski definition) is 4. The number of primary amides is 1. The van der Waals surface area contributed by atoms with Crippen LogP contribution in [0.15, 0.2) is 29.6 Å². The number of aromatic nitrogens is 2. The summed E-state index contributed by atoms with van der Waals surface area (Å²) in [6, 6.07) is 6.65. The molecule has 0 saturated heterocycles. The van der Waals surface area contributed by atoms with Crippen LogP contribution < -0.4 is 11.5 Å². The number of halogens is 2. The summed E-state index contributed by atoms with van der Waals surface area (Å²) in [4.78, 5) is 19.0. The molecule has 3 rings (SSSR count). The van der Waals surface area contributed by atoms with Crippen LogP contribution in [0, 0.1) is 0 Å². The normalized spacial score (nSPS) is 10.8. The molecule has 2 heterocycles. The van der Waals surface area contributed by atoms with E-state index in [1.54, 1.807) is 29.6 Å². The fraction of sp³-hybridized carbons (Fsp3) is 0. The summed E-state index contributed by atoms with van der Waals surface area (Å²) in [5.41, 5.74) is 13.9. The second kappa shape index (κ2) is 5.64. The highest BCUT2D eigenvalue weighted by atomic mass is 35.5. The summed E-state index contributed by atoms with van der Waals surface area (Å²) in [7, 11) is 0. The summed E-state index contributed by atoms with van der Waals surface area (Å²) in [5.74, 6) is -0.563. The predicted molar refractivity (Wildman–Crippen MR) is 90.3 cm³/mol. The van der Waals surface area contributed by atoms with Gasteiger partial charge in [0.2, 0.25) is 0 Å². The van der Waals surface area contributed by atoms with Gasteiger partial charge in [-0.25, -0.2) is 4.98 Å². The molecule has 1 aromatic carbocycles. The van der Waals surface area contributed by atoms with Crippen LogP contribution in [0.1, 0.15) is 10.4 Å². The molecule has 0 atom stereocenters. The van der Waals surface area contributed by atoms with Crippen molar-refractivity contribution in [1.82, 2.24) is 9.97 Å². The molecule has 5 N–H and O–H groups in total. The average Bonchev–Trinajstić information content (AvgIpc) is 3.05. The Balaban J connectivity index is 2.18. The minimum absolute atomic E-state index is 0.325. The molecular weight excluding hydrogens is 343 g/mol. The number of nitrogens with one attached hydrogen (secondary N) is 1. The SMILES string of the molecule is NC(=O)c1cc(-c2csc(N)n2)[nH]c1-c1ccc(Cl)cc1Cl. The van der Waals surface area contributed by atoms with Crippen molar-refractivity contribution in [2.75, 3.05) is 5.73 Å². The first kappa shape index (κ1) is 14.9. The van der Waals surface area contributed by atoms with Crippen molar-refractivity contribution in [3.8, 4) is 22.6 Å². The molecule has 0 bridgehead atoms. The molecular formula is C14H10Cl2N4OS. The van der Waals surface area contributed by atoms with Crippen LogP contribution in [0.3, 0.4) is 0 Å². The largest absolute Gasteiger partial charge is 0.375 e. The number of H-pyrrole nitrogens is 1. The van der Waals surface area contributed by atoms with Crippen LogP contribution in [-0.2, 0) is 0 Å². The lowest BCUT2D eigenvalue weighted by molar-refractivity contribution is 0.100. The van der Waals surface area contributed by atoms with E-state index in [0.717, 1.165) is 0 Å². The molecule has 0 aliphatic carbocycles. The lowest BCUT2D eigenvalue weighted by atomic mass is 10.1. The van der Waals surface area contributed by atoms with Crippen molar-refractivity contribution < 1.29 is 4.79 Å². The Labute approximate surface area is 139 Å². The van der Waals surface area contributed by atoms with Crippen LogP contribution in [0.2, 0.25) is 10.0 Å². The van der Waals surface area contributed by atoms with Gasteiger partial charge in [0, 0.05) is 16.0 Å². The van der Waals surface area contributed by atoms with Crippen molar-refractivity contribution in [3.63, 3.8) is 0 Å². The number of rotatable bonds is 3. The number of amides is 1. The van der Waals surface area contributed by atoms with Crippen molar-refractivity contribution >= 4 is 45.6 Å². The third kappa shape index (κ3) is 2.68. The maximum Gasteiger partial charge on any atom is 0.250 e. The highest BCUT2D eigenvalue weighted by Gasteiger charge is 2.18. The number of nitrogens with zero attached hydrogens (tertiary/aromatic N) is 1. The zero-order valence-corrected chi connectivity index (χ0v) is 13.4. The van der Waals surface area contributed by atoms with E-state index in [1.807, 2.05) is 0 Å². The van der Waals surface area contributed by atoms with Crippen molar-refractivity contribution in [3.05, 3.63) is 45.3 Å². The van der Waals surface area contributed by atoms with E-state index in [2.05, 4.69) is 9.97 Å². The Morgan fingerprint density at radius 2 is 2.05 bits per heavy atom. The van der Waals surface area contributed by atoms with Gasteiger partial charge in [-0.2, -0.15) is 0 Å². The molecule has 22 heavy (non-hydrogen) atoms. The average molecular weight is 353 g/mol. The summed E-state index contributed by atoms with van der Waals surface area (Å²) >= 11 is 13.4. The van der Waals surface area contributed by atoms with E-state index in [1.165, 1.54) is 11.3 Å². The lowest BCUT2D eigenvalue weighted by Crippen LogP contribution is -2.11. The van der Waals surface area contributed by atoms with Crippen LogP contribution in [0.4, 0.5) is 5.13 Å². The second-order valence-corrected chi connectivity index (χ2v) is 6.26. The Bertz CT molecular complexity index is 872. The van der Waals surface area contributed by atoms with E-state index in [4.69, 9.17) is 34.7 Å². The number of nitrogens with two attached hydrogens (primary N) is 2. The van der Waals surface area contributed by atoms with Gasteiger partial charge >= 0.3 is 0 Å². The van der Waals surface area contributed by atoms with Gasteiger partial charge in [-0.15, -0.1) is 11.3 Å². The summed E-state index contributed by atoms with van der Waals surface area (Å²) in [5, 5.41) is 3.16. The van der Waals surface area contributed by atoms with Gasteiger partial charge in [-0.3, -0.25) is 4.79 Å². The Kier molecular flexibility index (Phi) is 3.82. The zero-order valence-electron chi connectivity index (χ0n) is 11.1. The topological polar surface area (TPSA) is 97.8 Å². The Morgan fingerprint density at radius 3 is 2.64 bits per heavy atom. The summed E-state index contributed by atoms with van der Waals surface area (Å²) in [6.07, 6.45) is 0. The lowest BCUT2D eigenvalue weighted by Gasteiger charge is -2.04. The maximum atomic E-state index is 11.7. The molecule has 8 heteroatoms. The van der Waals surface area contributed by atoms with Crippen molar-refractivity contribution in [1.29, 1.82) is 0 Å². The smallest absolute Gasteiger partial charge is 0.250 e. The van der Waals surface area contributed by atoms with Crippen LogP contribution >= 0.6 is 34.5 Å². The monoisotopic (exact) mass is 352 g/mol. The number of benzene rings is 1. The number of carbonyl (C=O) groups is 1. The minimum atomic E-state index is -0.563. The van der Waals surface area contributed by atoms with Gasteiger partial charge in [0.25, 0.3) is 5.91 Å². The molecule has 112 valence electrons. The number of aromatic amines is 1. The van der Waals surface area contributed by atoms with Crippen molar-refractivity contribution in [2.24, 2.45) is 5.73 Å². The van der Waals surface area contributed by atoms with Gasteiger partial charge in [-0.1, -0.05) is 23.2 Å². The molecule has 0 fully saturated rings.